The monoisotopic (exact) mass is 504 g/mol. The number of carbonyl (C=O) groups excluding carboxylic acids is 1. The first-order chi connectivity index (χ1) is 18.0. The van der Waals surface area contributed by atoms with Gasteiger partial charge >= 0.3 is 0 Å². The van der Waals surface area contributed by atoms with Gasteiger partial charge in [0.1, 0.15) is 18.6 Å². The van der Waals surface area contributed by atoms with Crippen LogP contribution in [-0.2, 0) is 4.84 Å². The second-order valence-electron chi connectivity index (χ2n) is 8.32. The molecule has 1 fully saturated rings. The molecule has 0 bridgehead atoms. The first-order valence-electron chi connectivity index (χ1n) is 13.0. The molecular formula is C29H40N6O2. The van der Waals surface area contributed by atoms with Crippen molar-refractivity contribution in [3.05, 3.63) is 78.2 Å². The SMILES string of the molecule is CC.CCC.CO/N=C(/c1ccccn1)C1CCN(C(=O)c2ccc(Nc3ccnc(N)c3)cc2)CC1. The van der Waals surface area contributed by atoms with Gasteiger partial charge in [-0.15, -0.1) is 0 Å². The maximum absolute atomic E-state index is 13.0. The van der Waals surface area contributed by atoms with Crippen LogP contribution < -0.4 is 11.1 Å². The summed E-state index contributed by atoms with van der Waals surface area (Å²) in [6.45, 7) is 9.57. The summed E-state index contributed by atoms with van der Waals surface area (Å²) in [5, 5.41) is 7.49. The van der Waals surface area contributed by atoms with E-state index in [0.717, 1.165) is 35.6 Å². The van der Waals surface area contributed by atoms with Gasteiger partial charge < -0.3 is 20.8 Å². The minimum absolute atomic E-state index is 0.0335. The van der Waals surface area contributed by atoms with E-state index in [-0.39, 0.29) is 11.8 Å². The number of carbonyl (C=O) groups is 1. The Bertz CT molecular complexity index is 1090. The highest BCUT2D eigenvalue weighted by Gasteiger charge is 2.28. The van der Waals surface area contributed by atoms with Crippen LogP contribution in [0.1, 0.15) is 63.0 Å². The number of rotatable bonds is 6. The van der Waals surface area contributed by atoms with Crippen LogP contribution in [0.25, 0.3) is 0 Å². The molecule has 0 saturated carbocycles. The summed E-state index contributed by atoms with van der Waals surface area (Å²) in [6.07, 6.45) is 6.28. The van der Waals surface area contributed by atoms with Crippen molar-refractivity contribution >= 4 is 28.8 Å². The number of oxime groups is 1. The Morgan fingerprint density at radius 2 is 1.70 bits per heavy atom. The fourth-order valence-electron chi connectivity index (χ4n) is 3.87. The summed E-state index contributed by atoms with van der Waals surface area (Å²) in [4.78, 5) is 28.4. The van der Waals surface area contributed by atoms with Crippen LogP contribution in [0.2, 0.25) is 0 Å². The van der Waals surface area contributed by atoms with Crippen LogP contribution in [0.4, 0.5) is 17.2 Å². The summed E-state index contributed by atoms with van der Waals surface area (Å²) in [5.74, 6) is 0.687. The van der Waals surface area contributed by atoms with E-state index in [9.17, 15) is 4.79 Å². The number of pyridine rings is 2. The number of benzene rings is 1. The number of likely N-dealkylation sites (tertiary alicyclic amines) is 1. The zero-order valence-corrected chi connectivity index (χ0v) is 22.6. The Balaban J connectivity index is 0.000000898. The molecule has 198 valence electrons. The number of hydrogen-bond acceptors (Lipinski definition) is 7. The highest BCUT2D eigenvalue weighted by Crippen LogP contribution is 2.24. The normalized spacial score (nSPS) is 13.4. The number of nitrogens with one attached hydrogen (secondary N) is 1. The van der Waals surface area contributed by atoms with Crippen molar-refractivity contribution in [2.75, 3.05) is 31.2 Å². The molecule has 1 aliphatic heterocycles. The number of anilines is 3. The van der Waals surface area contributed by atoms with E-state index in [1.54, 1.807) is 25.6 Å². The first-order valence-corrected chi connectivity index (χ1v) is 13.0. The van der Waals surface area contributed by atoms with Crippen LogP contribution in [0.5, 0.6) is 0 Å². The van der Waals surface area contributed by atoms with Gasteiger partial charge in [0.2, 0.25) is 0 Å². The van der Waals surface area contributed by atoms with E-state index in [1.807, 2.05) is 67.3 Å². The number of nitrogens with two attached hydrogens (primary N) is 1. The minimum Gasteiger partial charge on any atom is -0.399 e. The summed E-state index contributed by atoms with van der Waals surface area (Å²) in [5.41, 5.74) is 9.77. The predicted octanol–water partition coefficient (Wildman–Crippen LogP) is 6.15. The predicted molar refractivity (Wildman–Crippen MR) is 152 cm³/mol. The topological polar surface area (TPSA) is 106 Å². The lowest BCUT2D eigenvalue weighted by Gasteiger charge is -2.32. The smallest absolute Gasteiger partial charge is 0.253 e. The Morgan fingerprint density at radius 3 is 2.27 bits per heavy atom. The van der Waals surface area contributed by atoms with Crippen LogP contribution in [0.15, 0.2) is 72.1 Å². The number of nitrogens with zero attached hydrogens (tertiary/aromatic N) is 4. The molecule has 3 aromatic rings. The number of nitrogen functional groups attached to an aromatic ring is 1. The fourth-order valence-corrected chi connectivity index (χ4v) is 3.87. The fraction of sp³-hybridized carbons (Fsp3) is 0.379. The first kappa shape index (κ1) is 29.3. The van der Waals surface area contributed by atoms with E-state index in [2.05, 4.69) is 34.3 Å². The van der Waals surface area contributed by atoms with Crippen molar-refractivity contribution in [1.82, 2.24) is 14.9 Å². The van der Waals surface area contributed by atoms with Crippen molar-refractivity contribution < 1.29 is 9.63 Å². The molecule has 8 nitrogen and oxygen atoms in total. The van der Waals surface area contributed by atoms with Crippen LogP contribution in [-0.4, -0.2) is 46.7 Å². The average Bonchev–Trinajstić information content (AvgIpc) is 2.94. The van der Waals surface area contributed by atoms with Crippen molar-refractivity contribution in [3.8, 4) is 0 Å². The highest BCUT2D eigenvalue weighted by molar-refractivity contribution is 6.00. The maximum atomic E-state index is 13.0. The third kappa shape index (κ3) is 8.90. The second-order valence-corrected chi connectivity index (χ2v) is 8.32. The minimum atomic E-state index is 0.0335. The van der Waals surface area contributed by atoms with Crippen molar-refractivity contribution in [2.24, 2.45) is 11.1 Å². The lowest BCUT2D eigenvalue weighted by Crippen LogP contribution is -2.40. The van der Waals surface area contributed by atoms with Crippen LogP contribution in [0.3, 0.4) is 0 Å². The van der Waals surface area contributed by atoms with Gasteiger partial charge in [-0.1, -0.05) is 45.3 Å². The number of piperidine rings is 1. The quantitative estimate of drug-likeness (QED) is 0.308. The Hall–Kier alpha value is -3.94. The largest absolute Gasteiger partial charge is 0.399 e. The van der Waals surface area contributed by atoms with E-state index in [4.69, 9.17) is 10.6 Å². The molecule has 4 rings (SSSR count). The molecule has 0 radical (unpaired) electrons. The van der Waals surface area contributed by atoms with Gasteiger partial charge in [-0.05, 0) is 55.3 Å². The highest BCUT2D eigenvalue weighted by atomic mass is 16.6. The van der Waals surface area contributed by atoms with Gasteiger partial charge in [0, 0.05) is 54.4 Å². The van der Waals surface area contributed by atoms with Gasteiger partial charge in [-0.2, -0.15) is 0 Å². The molecule has 0 atom stereocenters. The van der Waals surface area contributed by atoms with Gasteiger partial charge in [0.15, 0.2) is 0 Å². The van der Waals surface area contributed by atoms with E-state index in [1.165, 1.54) is 6.42 Å². The van der Waals surface area contributed by atoms with Gasteiger partial charge in [-0.25, -0.2) is 4.98 Å². The van der Waals surface area contributed by atoms with E-state index < -0.39 is 0 Å². The Kier molecular flexibility index (Phi) is 12.6. The standard InChI is InChI=1S/C24H26N6O2.C3H8.C2H6/c1-32-29-23(21-4-2-3-12-26-21)17-10-14-30(15-11-17)24(31)18-5-7-19(8-6-18)28-20-9-13-27-22(25)16-20;1-3-2;1-2/h2-9,12-13,16-17H,10-11,14-15H2,1H3,(H3,25,27,28);3H2,1-2H3;1-2H3/b29-23+;;. The number of hydrogen-bond donors (Lipinski definition) is 2. The van der Waals surface area contributed by atoms with E-state index >= 15 is 0 Å². The summed E-state index contributed by atoms with van der Waals surface area (Å²) in [6, 6.07) is 16.8. The van der Waals surface area contributed by atoms with Crippen LogP contribution in [0, 0.1) is 5.92 Å². The molecule has 0 unspecified atom stereocenters. The van der Waals surface area contributed by atoms with Crippen LogP contribution >= 0.6 is 0 Å². The molecule has 0 aliphatic carbocycles. The van der Waals surface area contributed by atoms with Gasteiger partial charge in [-0.3, -0.25) is 9.78 Å². The molecule has 8 heteroatoms. The molecule has 2 aromatic heterocycles. The molecule has 3 N–H and O–H groups in total. The lowest BCUT2D eigenvalue weighted by atomic mass is 9.89. The summed E-state index contributed by atoms with van der Waals surface area (Å²) in [7, 11) is 1.55. The Labute approximate surface area is 221 Å². The zero-order valence-electron chi connectivity index (χ0n) is 22.6. The number of aromatic nitrogens is 2. The molecule has 0 spiro atoms. The van der Waals surface area contributed by atoms with Gasteiger partial charge in [0.05, 0.1) is 5.69 Å². The zero-order chi connectivity index (χ0) is 27.0. The molecule has 1 amide bonds. The molecule has 1 aliphatic rings. The Morgan fingerprint density at radius 1 is 1.03 bits per heavy atom. The van der Waals surface area contributed by atoms with E-state index in [0.29, 0.717) is 24.5 Å². The molecule has 3 heterocycles. The van der Waals surface area contributed by atoms with Crippen molar-refractivity contribution in [3.63, 3.8) is 0 Å². The lowest BCUT2D eigenvalue weighted by molar-refractivity contribution is 0.0709. The van der Waals surface area contributed by atoms with Crippen molar-refractivity contribution in [2.45, 2.75) is 47.0 Å². The third-order valence-electron chi connectivity index (χ3n) is 5.49. The molecular weight excluding hydrogens is 464 g/mol. The van der Waals surface area contributed by atoms with Crippen molar-refractivity contribution in [1.29, 1.82) is 0 Å². The average molecular weight is 505 g/mol. The molecule has 1 saturated heterocycles. The number of amides is 1. The molecule has 37 heavy (non-hydrogen) atoms. The molecule has 1 aromatic carbocycles. The maximum Gasteiger partial charge on any atom is 0.253 e. The summed E-state index contributed by atoms with van der Waals surface area (Å²) >= 11 is 0. The third-order valence-corrected chi connectivity index (χ3v) is 5.49. The van der Waals surface area contributed by atoms with Gasteiger partial charge in [0.25, 0.3) is 5.91 Å². The summed E-state index contributed by atoms with van der Waals surface area (Å²) < 4.78 is 0. The second kappa shape index (κ2) is 15.9.